The number of rotatable bonds is 7. The van der Waals surface area contributed by atoms with Gasteiger partial charge in [0, 0.05) is 25.5 Å². The maximum atomic E-state index is 5.35. The van der Waals surface area contributed by atoms with Crippen molar-refractivity contribution >= 4 is 24.2 Å². The van der Waals surface area contributed by atoms with Crippen LogP contribution in [0.3, 0.4) is 0 Å². The lowest BCUT2D eigenvalue weighted by Gasteiger charge is -2.23. The van der Waals surface area contributed by atoms with Crippen molar-refractivity contribution in [1.29, 1.82) is 0 Å². The van der Waals surface area contributed by atoms with Gasteiger partial charge in [0.05, 0.1) is 12.6 Å². The molecule has 1 fully saturated rings. The fourth-order valence-corrected chi connectivity index (χ4v) is 5.59. The third-order valence-electron chi connectivity index (χ3n) is 4.53. The molecule has 0 saturated carbocycles. The highest BCUT2D eigenvalue weighted by Crippen LogP contribution is 2.33. The molecule has 1 aliphatic rings. The van der Waals surface area contributed by atoms with E-state index < -0.39 is 7.92 Å². The monoisotopic (exact) mass is 354 g/mol. The summed E-state index contributed by atoms with van der Waals surface area (Å²) in [6.07, 6.45) is 3.38. The summed E-state index contributed by atoms with van der Waals surface area (Å²) in [5.74, 6) is 0. The first-order valence-corrected chi connectivity index (χ1v) is 10.5. The molecule has 0 aliphatic carbocycles. The maximum absolute atomic E-state index is 5.35. The van der Waals surface area contributed by atoms with Gasteiger partial charge >= 0.3 is 0 Å². The van der Waals surface area contributed by atoms with Crippen LogP contribution in [-0.2, 0) is 4.74 Å². The van der Waals surface area contributed by atoms with Crippen molar-refractivity contribution in [3.63, 3.8) is 0 Å². The summed E-state index contributed by atoms with van der Waals surface area (Å²) in [5, 5.41) is 10.0. The zero-order valence-corrected chi connectivity index (χ0v) is 16.0. The van der Waals surface area contributed by atoms with E-state index in [0.29, 0.717) is 6.04 Å². The van der Waals surface area contributed by atoms with Crippen LogP contribution in [0.15, 0.2) is 65.8 Å². The van der Waals surface area contributed by atoms with Crippen LogP contribution in [0.5, 0.6) is 0 Å². The van der Waals surface area contributed by atoms with Crippen molar-refractivity contribution in [1.82, 2.24) is 5.01 Å². The Hall–Kier alpha value is -1.70. The number of hydrazone groups is 1. The van der Waals surface area contributed by atoms with Crippen LogP contribution in [0.1, 0.15) is 19.8 Å². The number of methoxy groups -OCH3 is 1. The lowest BCUT2D eigenvalue weighted by atomic mass is 10.2. The molecule has 1 atom stereocenters. The lowest BCUT2D eigenvalue weighted by Crippen LogP contribution is -2.30. The van der Waals surface area contributed by atoms with Crippen LogP contribution in [0.25, 0.3) is 0 Å². The lowest BCUT2D eigenvalue weighted by molar-refractivity contribution is 0.118. The second kappa shape index (κ2) is 9.12. The van der Waals surface area contributed by atoms with Crippen LogP contribution in [0, 0.1) is 0 Å². The fourth-order valence-electron chi connectivity index (χ4n) is 3.34. The van der Waals surface area contributed by atoms with Crippen molar-refractivity contribution in [2.45, 2.75) is 25.8 Å². The van der Waals surface area contributed by atoms with Gasteiger partial charge in [-0.1, -0.05) is 60.7 Å². The molecule has 0 radical (unpaired) electrons. The molecule has 1 heterocycles. The molecule has 132 valence electrons. The second-order valence-electron chi connectivity index (χ2n) is 6.51. The van der Waals surface area contributed by atoms with Gasteiger partial charge < -0.3 is 4.74 Å². The fraction of sp³-hybridized carbons (Fsp3) is 0.381. The van der Waals surface area contributed by atoms with Crippen LogP contribution in [-0.4, -0.2) is 43.2 Å². The molecule has 0 bridgehead atoms. The molecule has 0 aromatic heterocycles. The third kappa shape index (κ3) is 4.90. The minimum absolute atomic E-state index is 0.421. The van der Waals surface area contributed by atoms with E-state index in [1.54, 1.807) is 7.11 Å². The first kappa shape index (κ1) is 18.1. The van der Waals surface area contributed by atoms with Crippen molar-refractivity contribution in [3.8, 4) is 0 Å². The minimum Gasteiger partial charge on any atom is -0.382 e. The number of benzene rings is 2. The molecule has 4 heteroatoms. The van der Waals surface area contributed by atoms with E-state index in [4.69, 9.17) is 9.84 Å². The summed E-state index contributed by atoms with van der Waals surface area (Å²) in [6, 6.07) is 22.1. The summed E-state index contributed by atoms with van der Waals surface area (Å²) >= 11 is 0. The Morgan fingerprint density at radius 1 is 1.08 bits per heavy atom. The molecule has 2 aromatic rings. The summed E-state index contributed by atoms with van der Waals surface area (Å²) in [7, 11) is 1.35. The molecule has 0 amide bonds. The third-order valence-corrected chi connectivity index (χ3v) is 7.14. The van der Waals surface area contributed by atoms with E-state index in [2.05, 4.69) is 72.6 Å². The quantitative estimate of drug-likeness (QED) is 0.561. The standard InChI is InChI=1S/C21H27N2OP/c1-18(22-23-15-9-10-19(23)16-24-2)17-25(20-11-5-3-6-12-20)21-13-7-4-8-14-21/h3-8,11-14,19H,9-10,15-17H2,1-2H3/b22-18+/t19-/m0/s1. The van der Waals surface area contributed by atoms with Crippen molar-refractivity contribution in [2.24, 2.45) is 5.10 Å². The summed E-state index contributed by atoms with van der Waals surface area (Å²) < 4.78 is 5.35. The van der Waals surface area contributed by atoms with Crippen molar-refractivity contribution in [3.05, 3.63) is 60.7 Å². The molecule has 3 nitrogen and oxygen atoms in total. The van der Waals surface area contributed by atoms with Gasteiger partial charge in [0.1, 0.15) is 0 Å². The van der Waals surface area contributed by atoms with E-state index >= 15 is 0 Å². The molecule has 2 aromatic carbocycles. The van der Waals surface area contributed by atoms with Gasteiger partial charge in [-0.25, -0.2) is 0 Å². The maximum Gasteiger partial charge on any atom is 0.0704 e. The van der Waals surface area contributed by atoms with Gasteiger partial charge in [-0.2, -0.15) is 5.10 Å². The van der Waals surface area contributed by atoms with Crippen LogP contribution < -0.4 is 10.6 Å². The van der Waals surface area contributed by atoms with E-state index in [9.17, 15) is 0 Å². The molecule has 0 unspecified atom stereocenters. The summed E-state index contributed by atoms with van der Waals surface area (Å²) in [4.78, 5) is 0. The average Bonchev–Trinajstić information content (AvgIpc) is 3.08. The highest BCUT2D eigenvalue weighted by Gasteiger charge is 2.23. The molecule has 1 aliphatic heterocycles. The van der Waals surface area contributed by atoms with E-state index in [1.807, 2.05) is 0 Å². The van der Waals surface area contributed by atoms with Gasteiger partial charge in [0.15, 0.2) is 0 Å². The Morgan fingerprint density at radius 2 is 1.68 bits per heavy atom. The van der Waals surface area contributed by atoms with Crippen molar-refractivity contribution < 1.29 is 4.74 Å². The number of hydrogen-bond acceptors (Lipinski definition) is 3. The predicted molar refractivity (Wildman–Crippen MR) is 109 cm³/mol. The zero-order valence-electron chi connectivity index (χ0n) is 15.1. The Labute approximate surface area is 152 Å². The molecule has 0 spiro atoms. The van der Waals surface area contributed by atoms with Gasteiger partial charge in [-0.3, -0.25) is 5.01 Å². The van der Waals surface area contributed by atoms with Crippen molar-refractivity contribution in [2.75, 3.05) is 26.4 Å². The second-order valence-corrected chi connectivity index (χ2v) is 8.71. The molecule has 0 N–H and O–H groups in total. The SMILES string of the molecule is COC[C@@H]1CCCN1/N=C(\C)CP(c1ccccc1)c1ccccc1. The van der Waals surface area contributed by atoms with Crippen LogP contribution in [0.4, 0.5) is 0 Å². The molecular formula is C21H27N2OP. The largest absolute Gasteiger partial charge is 0.382 e. The topological polar surface area (TPSA) is 24.8 Å². The Bertz CT molecular complexity index is 635. The molecule has 1 saturated heterocycles. The molecular weight excluding hydrogens is 327 g/mol. The van der Waals surface area contributed by atoms with Gasteiger partial charge in [0.2, 0.25) is 0 Å². The van der Waals surface area contributed by atoms with Gasteiger partial charge in [0.25, 0.3) is 0 Å². The Morgan fingerprint density at radius 3 is 2.24 bits per heavy atom. The highest BCUT2D eigenvalue weighted by molar-refractivity contribution is 7.73. The normalized spacial score (nSPS) is 18.1. The van der Waals surface area contributed by atoms with Gasteiger partial charge in [-0.05, 0) is 38.3 Å². The number of ether oxygens (including phenoxy) is 1. The Balaban J connectivity index is 1.79. The van der Waals surface area contributed by atoms with Crippen LogP contribution in [0.2, 0.25) is 0 Å². The van der Waals surface area contributed by atoms with E-state index in [-0.39, 0.29) is 0 Å². The average molecular weight is 354 g/mol. The zero-order chi connectivity index (χ0) is 17.5. The molecule has 25 heavy (non-hydrogen) atoms. The number of nitrogens with zero attached hydrogens (tertiary/aromatic N) is 2. The first-order chi connectivity index (χ1) is 12.3. The molecule has 3 rings (SSSR count). The van der Waals surface area contributed by atoms with Gasteiger partial charge in [-0.15, -0.1) is 0 Å². The minimum atomic E-state index is -0.421. The van der Waals surface area contributed by atoms with E-state index in [1.165, 1.54) is 29.2 Å². The highest BCUT2D eigenvalue weighted by atomic mass is 31.1. The Kier molecular flexibility index (Phi) is 6.61. The predicted octanol–water partition coefficient (Wildman–Crippen LogP) is 3.61. The van der Waals surface area contributed by atoms with Crippen LogP contribution >= 0.6 is 7.92 Å². The first-order valence-electron chi connectivity index (χ1n) is 8.95. The smallest absolute Gasteiger partial charge is 0.0704 e. The summed E-state index contributed by atoms with van der Waals surface area (Å²) in [6.45, 7) is 3.98. The number of hydrogen-bond donors (Lipinski definition) is 0. The summed E-state index contributed by atoms with van der Waals surface area (Å²) in [5.41, 5.74) is 1.21. The van der Waals surface area contributed by atoms with E-state index in [0.717, 1.165) is 19.3 Å².